The SMILES string of the molecule is CC(=O)OC[C@H]1O[C@@H](n2cnc(C(N)=O)c2C#C[Si](C)(C)C)[C@H](OC(C)=O)[C@@H]1OC(C)=O. The summed E-state index contributed by atoms with van der Waals surface area (Å²) in [6, 6.07) is 0. The van der Waals surface area contributed by atoms with Crippen molar-refractivity contribution in [2.45, 2.75) is 65.0 Å². The molecule has 1 amide bonds. The lowest BCUT2D eigenvalue weighted by atomic mass is 10.1. The zero-order valence-electron chi connectivity index (χ0n) is 18.8. The molecule has 174 valence electrons. The molecule has 1 saturated heterocycles. The number of aromatic nitrogens is 2. The van der Waals surface area contributed by atoms with Crippen molar-refractivity contribution in [2.75, 3.05) is 6.61 Å². The Bertz CT molecular complexity index is 972. The molecule has 4 atom stereocenters. The number of hydrogen-bond acceptors (Lipinski definition) is 9. The van der Waals surface area contributed by atoms with Crippen LogP contribution in [0.15, 0.2) is 6.33 Å². The zero-order chi connectivity index (χ0) is 24.2. The number of hydrogen-bond donors (Lipinski definition) is 1. The summed E-state index contributed by atoms with van der Waals surface area (Å²) in [6.45, 7) is 9.40. The third-order valence-corrected chi connectivity index (χ3v) is 5.07. The maximum atomic E-state index is 11.9. The average Bonchev–Trinajstić information content (AvgIpc) is 3.19. The van der Waals surface area contributed by atoms with Crippen molar-refractivity contribution in [3.63, 3.8) is 0 Å². The Morgan fingerprint density at radius 2 is 1.69 bits per heavy atom. The van der Waals surface area contributed by atoms with E-state index in [4.69, 9.17) is 24.7 Å². The molecule has 0 bridgehead atoms. The minimum Gasteiger partial charge on any atom is -0.463 e. The molecular weight excluding hydrogens is 438 g/mol. The van der Waals surface area contributed by atoms with Crippen molar-refractivity contribution in [1.82, 2.24) is 9.55 Å². The number of amides is 1. The lowest BCUT2D eigenvalue weighted by molar-refractivity contribution is -0.166. The van der Waals surface area contributed by atoms with Crippen LogP contribution in [0.3, 0.4) is 0 Å². The summed E-state index contributed by atoms with van der Waals surface area (Å²) >= 11 is 0. The molecule has 1 aliphatic rings. The number of rotatable bonds is 6. The van der Waals surface area contributed by atoms with Gasteiger partial charge in [-0.2, -0.15) is 0 Å². The van der Waals surface area contributed by atoms with E-state index in [-0.39, 0.29) is 18.0 Å². The molecule has 2 N–H and O–H groups in total. The Balaban J connectivity index is 2.58. The van der Waals surface area contributed by atoms with Gasteiger partial charge in [0.25, 0.3) is 5.91 Å². The van der Waals surface area contributed by atoms with Crippen molar-refractivity contribution in [1.29, 1.82) is 0 Å². The average molecular weight is 466 g/mol. The van der Waals surface area contributed by atoms with Gasteiger partial charge in [-0.1, -0.05) is 25.6 Å². The predicted octanol–water partition coefficient (Wildman–Crippen LogP) is 0.535. The van der Waals surface area contributed by atoms with E-state index in [2.05, 4.69) is 16.4 Å². The lowest BCUT2D eigenvalue weighted by Crippen LogP contribution is -2.40. The molecule has 32 heavy (non-hydrogen) atoms. The Hall–Kier alpha value is -3.17. The normalized spacial score (nSPS) is 22.4. The summed E-state index contributed by atoms with van der Waals surface area (Å²) in [6.07, 6.45) is -2.95. The standard InChI is InChI=1S/C20H27N3O8Si/c1-11(24)28-9-15-17(29-12(2)25)18(30-13(3)26)20(31-15)23-10-22-16(19(21)27)14(23)7-8-32(4,5)6/h10,15,17-18,20H,9H2,1-6H3,(H2,21,27)/t15-,17-,18-,20-/m1/s1. The fourth-order valence-corrected chi connectivity index (χ4v) is 3.51. The van der Waals surface area contributed by atoms with E-state index >= 15 is 0 Å². The third-order valence-electron chi connectivity index (χ3n) is 4.20. The first kappa shape index (κ1) is 25.1. The van der Waals surface area contributed by atoms with Crippen LogP contribution in [0.4, 0.5) is 0 Å². The van der Waals surface area contributed by atoms with E-state index in [1.54, 1.807) is 0 Å². The fraction of sp³-hybridized carbons (Fsp3) is 0.550. The number of nitrogens with zero attached hydrogens (tertiary/aromatic N) is 2. The Labute approximate surface area is 186 Å². The summed E-state index contributed by atoms with van der Waals surface area (Å²) in [5, 5.41) is 0. The monoisotopic (exact) mass is 465 g/mol. The maximum absolute atomic E-state index is 11.9. The first-order chi connectivity index (χ1) is 14.8. The number of carbonyl (C=O) groups excluding carboxylic acids is 4. The van der Waals surface area contributed by atoms with Crippen molar-refractivity contribution < 1.29 is 38.1 Å². The van der Waals surface area contributed by atoms with Crippen molar-refractivity contribution in [2.24, 2.45) is 5.73 Å². The number of nitrogens with two attached hydrogens (primary N) is 1. The highest BCUT2D eigenvalue weighted by molar-refractivity contribution is 6.83. The van der Waals surface area contributed by atoms with Crippen LogP contribution in [0, 0.1) is 11.5 Å². The minimum atomic E-state index is -1.86. The Morgan fingerprint density at radius 3 is 2.19 bits per heavy atom. The Morgan fingerprint density at radius 1 is 1.09 bits per heavy atom. The molecule has 0 spiro atoms. The molecule has 2 heterocycles. The fourth-order valence-electron chi connectivity index (χ4n) is 3.02. The molecule has 1 aromatic rings. The summed E-state index contributed by atoms with van der Waals surface area (Å²) in [7, 11) is -1.86. The van der Waals surface area contributed by atoms with Crippen LogP contribution in [0.25, 0.3) is 0 Å². The number of primary amides is 1. The van der Waals surface area contributed by atoms with Gasteiger partial charge in [0, 0.05) is 20.8 Å². The third kappa shape index (κ3) is 6.41. The molecule has 0 radical (unpaired) electrons. The van der Waals surface area contributed by atoms with Crippen LogP contribution in [0.5, 0.6) is 0 Å². The van der Waals surface area contributed by atoms with E-state index in [1.165, 1.54) is 31.7 Å². The van der Waals surface area contributed by atoms with Crippen molar-refractivity contribution in [3.8, 4) is 11.5 Å². The highest BCUT2D eigenvalue weighted by Crippen LogP contribution is 2.35. The topological polar surface area (TPSA) is 149 Å². The number of ether oxygens (including phenoxy) is 4. The van der Waals surface area contributed by atoms with Gasteiger partial charge < -0.3 is 24.7 Å². The van der Waals surface area contributed by atoms with Gasteiger partial charge in [0.2, 0.25) is 0 Å². The first-order valence-electron chi connectivity index (χ1n) is 9.83. The van der Waals surface area contributed by atoms with Crippen LogP contribution < -0.4 is 5.73 Å². The van der Waals surface area contributed by atoms with Crippen LogP contribution in [-0.2, 0) is 33.3 Å². The number of carbonyl (C=O) groups is 4. The molecule has 12 heteroatoms. The van der Waals surface area contributed by atoms with Gasteiger partial charge in [-0.3, -0.25) is 23.7 Å². The van der Waals surface area contributed by atoms with Gasteiger partial charge in [-0.05, 0) is 0 Å². The quantitative estimate of drug-likeness (QED) is 0.275. The van der Waals surface area contributed by atoms with Crippen molar-refractivity contribution >= 4 is 31.9 Å². The van der Waals surface area contributed by atoms with Crippen molar-refractivity contribution in [3.05, 3.63) is 17.7 Å². The van der Waals surface area contributed by atoms with E-state index < -0.39 is 56.4 Å². The second kappa shape index (κ2) is 9.97. The molecule has 0 unspecified atom stereocenters. The number of imidazole rings is 1. The molecule has 1 aromatic heterocycles. The zero-order valence-corrected chi connectivity index (χ0v) is 19.8. The molecule has 0 saturated carbocycles. The van der Waals surface area contributed by atoms with Gasteiger partial charge in [-0.25, -0.2) is 4.98 Å². The second-order valence-corrected chi connectivity index (χ2v) is 13.0. The van der Waals surface area contributed by atoms with E-state index in [0.717, 1.165) is 0 Å². The van der Waals surface area contributed by atoms with Gasteiger partial charge >= 0.3 is 17.9 Å². The lowest BCUT2D eigenvalue weighted by Gasteiger charge is -2.24. The van der Waals surface area contributed by atoms with Crippen LogP contribution in [-0.4, -0.2) is 66.4 Å². The summed E-state index contributed by atoms with van der Waals surface area (Å²) in [4.78, 5) is 50.8. The van der Waals surface area contributed by atoms with Gasteiger partial charge in [-0.15, -0.1) is 5.54 Å². The van der Waals surface area contributed by atoms with E-state index in [0.29, 0.717) is 0 Å². The summed E-state index contributed by atoms with van der Waals surface area (Å²) in [5.74, 6) is 0.292. The molecule has 0 aromatic carbocycles. The van der Waals surface area contributed by atoms with Gasteiger partial charge in [0.1, 0.15) is 26.5 Å². The van der Waals surface area contributed by atoms with Gasteiger partial charge in [0.15, 0.2) is 24.1 Å². The van der Waals surface area contributed by atoms with Crippen LogP contribution in [0.2, 0.25) is 19.6 Å². The molecule has 2 rings (SSSR count). The first-order valence-corrected chi connectivity index (χ1v) is 13.3. The molecular formula is C20H27N3O8Si. The molecule has 0 aliphatic carbocycles. The predicted molar refractivity (Wildman–Crippen MR) is 113 cm³/mol. The highest BCUT2D eigenvalue weighted by Gasteiger charge is 2.51. The minimum absolute atomic E-state index is 0.0756. The molecule has 1 fully saturated rings. The van der Waals surface area contributed by atoms with E-state index in [1.807, 2.05) is 19.6 Å². The molecule has 1 aliphatic heterocycles. The maximum Gasteiger partial charge on any atom is 0.303 e. The second-order valence-electron chi connectivity index (χ2n) is 8.23. The highest BCUT2D eigenvalue weighted by atomic mass is 28.3. The Kier molecular flexibility index (Phi) is 7.81. The number of esters is 3. The smallest absolute Gasteiger partial charge is 0.303 e. The van der Waals surface area contributed by atoms with Crippen LogP contribution >= 0.6 is 0 Å². The largest absolute Gasteiger partial charge is 0.463 e. The molecule has 11 nitrogen and oxygen atoms in total. The van der Waals surface area contributed by atoms with E-state index in [9.17, 15) is 19.2 Å². The summed E-state index contributed by atoms with van der Waals surface area (Å²) in [5.41, 5.74) is 8.70. The van der Waals surface area contributed by atoms with Crippen LogP contribution in [0.1, 0.15) is 43.2 Å². The van der Waals surface area contributed by atoms with Gasteiger partial charge in [0.05, 0.1) is 6.33 Å². The summed E-state index contributed by atoms with van der Waals surface area (Å²) < 4.78 is 23.2.